The van der Waals surface area contributed by atoms with E-state index in [4.69, 9.17) is 0 Å². The van der Waals surface area contributed by atoms with Gasteiger partial charge < -0.3 is 5.32 Å². The Kier molecular flexibility index (Phi) is 3.85. The second-order valence-electron chi connectivity index (χ2n) is 5.71. The molecule has 0 saturated carbocycles. The molecule has 8 heteroatoms. The summed E-state index contributed by atoms with van der Waals surface area (Å²) in [4.78, 5) is 8.64. The Morgan fingerprint density at radius 1 is 1.12 bits per heavy atom. The van der Waals surface area contributed by atoms with Crippen molar-refractivity contribution in [3.63, 3.8) is 0 Å². The average molecular weight is 337 g/mol. The molecular weight excluding hydrogens is 321 g/mol. The molecule has 0 radical (unpaired) electrons. The topological polar surface area (TPSA) is 73.5 Å². The van der Waals surface area contributed by atoms with Crippen LogP contribution in [-0.2, 0) is 13.5 Å². The van der Waals surface area contributed by atoms with Gasteiger partial charge in [0.25, 0.3) is 0 Å². The number of rotatable bonds is 5. The Morgan fingerprint density at radius 2 is 1.96 bits per heavy atom. The van der Waals surface area contributed by atoms with Crippen molar-refractivity contribution in [1.82, 2.24) is 29.5 Å². The first-order valence-corrected chi connectivity index (χ1v) is 7.83. The highest BCUT2D eigenvalue weighted by molar-refractivity contribution is 5.75. The lowest BCUT2D eigenvalue weighted by molar-refractivity contribution is 0.225. The predicted molar refractivity (Wildman–Crippen MR) is 92.1 cm³/mol. The second kappa shape index (κ2) is 6.31. The number of benzene rings is 1. The molecule has 0 aliphatic carbocycles. The molecule has 3 heterocycles. The lowest BCUT2D eigenvalue weighted by Crippen LogP contribution is -2.10. The van der Waals surface area contributed by atoms with Crippen molar-refractivity contribution < 1.29 is 4.39 Å². The van der Waals surface area contributed by atoms with Crippen LogP contribution >= 0.6 is 0 Å². The summed E-state index contributed by atoms with van der Waals surface area (Å²) in [6, 6.07) is 9.47. The highest BCUT2D eigenvalue weighted by Gasteiger charge is 2.16. The second-order valence-corrected chi connectivity index (χ2v) is 5.71. The quantitative estimate of drug-likeness (QED) is 0.606. The smallest absolute Gasteiger partial charge is 0.229 e. The van der Waals surface area contributed by atoms with Gasteiger partial charge in [0.2, 0.25) is 5.95 Å². The van der Waals surface area contributed by atoms with Crippen LogP contribution in [0.1, 0.15) is 11.9 Å². The number of anilines is 2. The van der Waals surface area contributed by atoms with Gasteiger partial charge in [-0.05, 0) is 5.56 Å². The van der Waals surface area contributed by atoms with Crippen molar-refractivity contribution in [2.75, 3.05) is 5.32 Å². The number of nitrogens with zero attached hydrogens (tertiary/aromatic N) is 6. The fourth-order valence-electron chi connectivity index (χ4n) is 2.61. The summed E-state index contributed by atoms with van der Waals surface area (Å²) in [7, 11) is 1.82. The Bertz CT molecular complexity index is 993. The lowest BCUT2D eigenvalue weighted by Gasteiger charge is -2.10. The minimum atomic E-state index is -1.30. The number of aryl methyl sites for hydroxylation is 1. The maximum atomic E-state index is 14.8. The molecule has 0 fully saturated rings. The third kappa shape index (κ3) is 3.18. The van der Waals surface area contributed by atoms with Gasteiger partial charge in [-0.3, -0.25) is 4.68 Å². The lowest BCUT2D eigenvalue weighted by atomic mass is 10.1. The summed E-state index contributed by atoms with van der Waals surface area (Å²) < 4.78 is 17.7. The van der Waals surface area contributed by atoms with E-state index in [1.54, 1.807) is 29.5 Å². The Hall–Kier alpha value is -3.29. The van der Waals surface area contributed by atoms with Crippen molar-refractivity contribution in [3.05, 3.63) is 60.7 Å². The van der Waals surface area contributed by atoms with E-state index in [0.717, 1.165) is 11.3 Å². The number of halogens is 1. The zero-order valence-corrected chi connectivity index (χ0v) is 13.5. The normalized spacial score (nSPS) is 12.4. The van der Waals surface area contributed by atoms with Gasteiger partial charge in [-0.25, -0.2) is 14.1 Å². The van der Waals surface area contributed by atoms with Gasteiger partial charge in [0.1, 0.15) is 0 Å². The van der Waals surface area contributed by atoms with E-state index in [0.29, 0.717) is 17.0 Å². The van der Waals surface area contributed by atoms with Gasteiger partial charge in [-0.15, -0.1) is 0 Å². The van der Waals surface area contributed by atoms with Crippen molar-refractivity contribution in [2.45, 2.75) is 12.7 Å². The SMILES string of the molecule is Cn1cc(Nc2ncc3cnn(C(F)Cc4ccccc4)c3n2)cn1. The van der Waals surface area contributed by atoms with Crippen LogP contribution in [0.15, 0.2) is 55.1 Å². The number of nitrogens with one attached hydrogen (secondary N) is 1. The highest BCUT2D eigenvalue weighted by atomic mass is 19.1. The Morgan fingerprint density at radius 3 is 2.72 bits per heavy atom. The molecule has 1 unspecified atom stereocenters. The minimum Gasteiger partial charge on any atom is -0.321 e. The number of hydrogen-bond donors (Lipinski definition) is 1. The van der Waals surface area contributed by atoms with Crippen LogP contribution in [0.4, 0.5) is 16.0 Å². The standard InChI is InChI=1S/C17H16FN7/c1-24-11-14(10-20-24)22-17-19-8-13-9-21-25(16(13)23-17)15(18)7-12-5-3-2-4-6-12/h2-6,8-11,15H,7H2,1H3,(H,19,22,23). The largest absolute Gasteiger partial charge is 0.321 e. The number of hydrogen-bond acceptors (Lipinski definition) is 5. The monoisotopic (exact) mass is 337 g/mol. The van der Waals surface area contributed by atoms with Crippen LogP contribution < -0.4 is 5.32 Å². The molecule has 1 atom stereocenters. The van der Waals surface area contributed by atoms with Crippen molar-refractivity contribution in [1.29, 1.82) is 0 Å². The molecule has 7 nitrogen and oxygen atoms in total. The summed E-state index contributed by atoms with van der Waals surface area (Å²) in [5.74, 6) is 0.370. The number of aromatic nitrogens is 6. The molecule has 1 aromatic carbocycles. The van der Waals surface area contributed by atoms with Gasteiger partial charge in [0, 0.05) is 25.9 Å². The summed E-state index contributed by atoms with van der Waals surface area (Å²) in [6.45, 7) is 0. The van der Waals surface area contributed by atoms with Gasteiger partial charge in [-0.1, -0.05) is 30.3 Å². The molecule has 0 aliphatic rings. The molecule has 0 saturated heterocycles. The number of fused-ring (bicyclic) bond motifs is 1. The minimum absolute atomic E-state index is 0.229. The first-order valence-electron chi connectivity index (χ1n) is 7.83. The van der Waals surface area contributed by atoms with Crippen molar-refractivity contribution >= 4 is 22.7 Å². The maximum Gasteiger partial charge on any atom is 0.229 e. The van der Waals surface area contributed by atoms with Crippen LogP contribution in [0.3, 0.4) is 0 Å². The third-order valence-electron chi connectivity index (χ3n) is 3.81. The summed E-state index contributed by atoms with van der Waals surface area (Å²) in [5, 5.41) is 12.0. The third-order valence-corrected chi connectivity index (χ3v) is 3.81. The van der Waals surface area contributed by atoms with E-state index in [2.05, 4.69) is 25.5 Å². The molecule has 4 rings (SSSR count). The van der Waals surface area contributed by atoms with Gasteiger partial charge in [-0.2, -0.15) is 15.2 Å². The molecule has 0 bridgehead atoms. The van der Waals surface area contributed by atoms with E-state index < -0.39 is 6.30 Å². The summed E-state index contributed by atoms with van der Waals surface area (Å²) in [6.07, 6.45) is 5.59. The van der Waals surface area contributed by atoms with E-state index in [1.165, 1.54) is 4.68 Å². The molecule has 3 aromatic heterocycles. The average Bonchev–Trinajstić information content (AvgIpc) is 3.21. The van der Waals surface area contributed by atoms with Crippen LogP contribution in [-0.4, -0.2) is 29.5 Å². The first-order chi connectivity index (χ1) is 12.2. The van der Waals surface area contributed by atoms with Crippen LogP contribution in [0.5, 0.6) is 0 Å². The van der Waals surface area contributed by atoms with E-state index in [1.807, 2.05) is 37.4 Å². The molecule has 126 valence electrons. The predicted octanol–water partition coefficient (Wildman–Crippen LogP) is 3.01. The summed E-state index contributed by atoms with van der Waals surface area (Å²) >= 11 is 0. The van der Waals surface area contributed by atoms with E-state index in [9.17, 15) is 4.39 Å². The van der Waals surface area contributed by atoms with E-state index >= 15 is 0 Å². The first kappa shape index (κ1) is 15.3. The van der Waals surface area contributed by atoms with Crippen LogP contribution in [0.25, 0.3) is 11.0 Å². The van der Waals surface area contributed by atoms with Crippen molar-refractivity contribution in [2.24, 2.45) is 7.05 Å². The molecule has 25 heavy (non-hydrogen) atoms. The maximum absolute atomic E-state index is 14.8. The Balaban J connectivity index is 1.62. The van der Waals surface area contributed by atoms with Crippen molar-refractivity contribution in [3.8, 4) is 0 Å². The zero-order chi connectivity index (χ0) is 17.2. The molecule has 0 aliphatic heterocycles. The molecule has 0 amide bonds. The fraction of sp³-hybridized carbons (Fsp3) is 0.176. The molecular formula is C17H16FN7. The zero-order valence-electron chi connectivity index (χ0n) is 13.5. The summed E-state index contributed by atoms with van der Waals surface area (Å²) in [5.41, 5.74) is 2.11. The Labute approximate surface area is 143 Å². The van der Waals surface area contributed by atoms with Crippen LogP contribution in [0, 0.1) is 0 Å². The van der Waals surface area contributed by atoms with Gasteiger partial charge in [0.05, 0.1) is 23.5 Å². The van der Waals surface area contributed by atoms with Gasteiger partial charge >= 0.3 is 0 Å². The highest BCUT2D eigenvalue weighted by Crippen LogP contribution is 2.22. The molecule has 4 aromatic rings. The number of alkyl halides is 1. The van der Waals surface area contributed by atoms with E-state index in [-0.39, 0.29) is 6.42 Å². The van der Waals surface area contributed by atoms with Gasteiger partial charge in [0.15, 0.2) is 11.9 Å². The van der Waals surface area contributed by atoms with Crippen LogP contribution in [0.2, 0.25) is 0 Å². The fourth-order valence-corrected chi connectivity index (χ4v) is 2.61. The molecule has 1 N–H and O–H groups in total. The molecule has 0 spiro atoms.